The number of unbranched alkanes of at least 4 members (excludes halogenated alkanes) is 2. The third kappa shape index (κ3) is 4.44. The van der Waals surface area contributed by atoms with Gasteiger partial charge in [0.05, 0.1) is 5.56 Å². The Kier molecular flexibility index (Phi) is 6.73. The zero-order valence-electron chi connectivity index (χ0n) is 11.6. The fourth-order valence-corrected chi connectivity index (χ4v) is 2.67. The lowest BCUT2D eigenvalue weighted by Crippen LogP contribution is -2.24. The van der Waals surface area contributed by atoms with Gasteiger partial charge in [0, 0.05) is 30.8 Å². The van der Waals surface area contributed by atoms with Crippen LogP contribution >= 0.6 is 11.8 Å². The molecule has 106 valence electrons. The summed E-state index contributed by atoms with van der Waals surface area (Å²) in [4.78, 5) is 3.17. The van der Waals surface area contributed by atoms with Gasteiger partial charge in [0.15, 0.2) is 0 Å². The highest BCUT2D eigenvalue weighted by atomic mass is 32.2. The van der Waals surface area contributed by atoms with Crippen LogP contribution in [-0.2, 0) is 0 Å². The maximum atomic E-state index is 8.77. The van der Waals surface area contributed by atoms with E-state index in [1.807, 2.05) is 31.5 Å². The number of aliphatic hydroxyl groups excluding tert-OH is 1. The van der Waals surface area contributed by atoms with Crippen LogP contribution in [-0.4, -0.2) is 37.4 Å². The number of nitrogens with two attached hydrogens (primary N) is 1. The van der Waals surface area contributed by atoms with Crippen LogP contribution in [0.15, 0.2) is 23.1 Å². The first-order valence-electron chi connectivity index (χ1n) is 6.45. The number of nitrogens with zero attached hydrogens (tertiary/aromatic N) is 1. The van der Waals surface area contributed by atoms with E-state index >= 15 is 0 Å². The molecule has 0 heterocycles. The Morgan fingerprint density at radius 3 is 2.68 bits per heavy atom. The zero-order chi connectivity index (χ0) is 14.3. The number of hydrogen-bond donors (Lipinski definition) is 3. The van der Waals surface area contributed by atoms with Crippen molar-refractivity contribution in [1.29, 1.82) is 5.41 Å². The van der Waals surface area contributed by atoms with Crippen molar-refractivity contribution in [1.82, 2.24) is 0 Å². The number of benzene rings is 1. The predicted molar refractivity (Wildman–Crippen MR) is 83.4 cm³/mol. The van der Waals surface area contributed by atoms with Crippen LogP contribution in [0, 0.1) is 5.41 Å². The SMILES string of the molecule is CSc1cccc(N(C)CCCCCO)c1C(=N)N. The number of aliphatic hydroxyl groups is 1. The van der Waals surface area contributed by atoms with E-state index in [-0.39, 0.29) is 12.4 Å². The lowest BCUT2D eigenvalue weighted by atomic mass is 10.1. The summed E-state index contributed by atoms with van der Waals surface area (Å²) >= 11 is 1.61. The molecule has 0 aliphatic rings. The molecule has 1 rings (SSSR count). The number of thioether (sulfide) groups is 1. The molecule has 0 unspecified atom stereocenters. The Hall–Kier alpha value is -1.20. The van der Waals surface area contributed by atoms with Gasteiger partial charge in [-0.1, -0.05) is 6.07 Å². The van der Waals surface area contributed by atoms with E-state index in [4.69, 9.17) is 16.2 Å². The number of nitrogen functional groups attached to an aromatic ring is 1. The van der Waals surface area contributed by atoms with Crippen LogP contribution in [0.4, 0.5) is 5.69 Å². The van der Waals surface area contributed by atoms with Gasteiger partial charge in [0.2, 0.25) is 0 Å². The van der Waals surface area contributed by atoms with E-state index in [0.29, 0.717) is 0 Å². The minimum atomic E-state index is 0.113. The van der Waals surface area contributed by atoms with Gasteiger partial charge in [0.25, 0.3) is 0 Å². The molecule has 0 saturated carbocycles. The lowest BCUT2D eigenvalue weighted by molar-refractivity contribution is 0.283. The first-order chi connectivity index (χ1) is 9.11. The molecule has 4 N–H and O–H groups in total. The molecule has 0 saturated heterocycles. The van der Waals surface area contributed by atoms with Crippen LogP contribution in [0.25, 0.3) is 0 Å². The highest BCUT2D eigenvalue weighted by molar-refractivity contribution is 7.98. The van der Waals surface area contributed by atoms with Crippen molar-refractivity contribution in [3.8, 4) is 0 Å². The lowest BCUT2D eigenvalue weighted by Gasteiger charge is -2.23. The van der Waals surface area contributed by atoms with E-state index < -0.39 is 0 Å². The standard InChI is InChI=1S/C14H23N3OS/c1-17(9-4-3-5-10-18)11-7-6-8-12(19-2)13(11)14(15)16/h6-8,18H,3-5,9-10H2,1-2H3,(H3,15,16). The van der Waals surface area contributed by atoms with Gasteiger partial charge in [-0.25, -0.2) is 0 Å². The third-order valence-electron chi connectivity index (χ3n) is 3.06. The number of anilines is 1. The van der Waals surface area contributed by atoms with E-state index in [9.17, 15) is 0 Å². The van der Waals surface area contributed by atoms with E-state index in [0.717, 1.165) is 42.0 Å². The van der Waals surface area contributed by atoms with E-state index in [1.165, 1.54) is 0 Å². The number of nitrogens with one attached hydrogen (secondary N) is 1. The molecule has 0 bridgehead atoms. The quantitative estimate of drug-likeness (QED) is 0.296. The maximum absolute atomic E-state index is 8.77. The summed E-state index contributed by atoms with van der Waals surface area (Å²) in [6.07, 6.45) is 4.88. The number of rotatable bonds is 8. The molecule has 0 aromatic heterocycles. The van der Waals surface area contributed by atoms with E-state index in [1.54, 1.807) is 11.8 Å². The van der Waals surface area contributed by atoms with Crippen LogP contribution in [0.2, 0.25) is 0 Å². The molecule has 0 amide bonds. The Bertz CT molecular complexity index is 423. The van der Waals surface area contributed by atoms with Crippen LogP contribution in [0.3, 0.4) is 0 Å². The molecule has 1 aromatic rings. The highest BCUT2D eigenvalue weighted by Crippen LogP contribution is 2.28. The molecule has 0 fully saturated rings. The first-order valence-corrected chi connectivity index (χ1v) is 7.67. The molecule has 5 heteroatoms. The molecular weight excluding hydrogens is 258 g/mol. The summed E-state index contributed by atoms with van der Waals surface area (Å²) in [6, 6.07) is 5.99. The van der Waals surface area contributed by atoms with Crippen LogP contribution < -0.4 is 10.6 Å². The van der Waals surface area contributed by atoms with Crippen molar-refractivity contribution in [2.24, 2.45) is 5.73 Å². The normalized spacial score (nSPS) is 10.5. The summed E-state index contributed by atoms with van der Waals surface area (Å²) in [5.74, 6) is 0.113. The summed E-state index contributed by atoms with van der Waals surface area (Å²) in [6.45, 7) is 1.16. The topological polar surface area (TPSA) is 73.3 Å². The fraction of sp³-hybridized carbons (Fsp3) is 0.500. The molecule has 0 aliphatic carbocycles. The second-order valence-corrected chi connectivity index (χ2v) is 5.32. The molecule has 0 atom stereocenters. The zero-order valence-corrected chi connectivity index (χ0v) is 12.5. The molecule has 0 spiro atoms. The number of amidine groups is 1. The van der Waals surface area contributed by atoms with Crippen molar-refractivity contribution in [3.05, 3.63) is 23.8 Å². The van der Waals surface area contributed by atoms with Crippen molar-refractivity contribution >= 4 is 23.3 Å². The van der Waals surface area contributed by atoms with Gasteiger partial charge in [-0.2, -0.15) is 0 Å². The van der Waals surface area contributed by atoms with Gasteiger partial charge in [-0.05, 0) is 37.7 Å². The fourth-order valence-electron chi connectivity index (χ4n) is 2.04. The van der Waals surface area contributed by atoms with Gasteiger partial charge in [0.1, 0.15) is 5.84 Å². The summed E-state index contributed by atoms with van der Waals surface area (Å²) in [5, 5.41) is 16.5. The summed E-state index contributed by atoms with van der Waals surface area (Å²) in [7, 11) is 2.02. The average molecular weight is 281 g/mol. The predicted octanol–water partition coefficient (Wildman–Crippen LogP) is 2.29. The summed E-state index contributed by atoms with van der Waals surface area (Å²) in [5.41, 5.74) is 7.54. The molecule has 1 aromatic carbocycles. The molecule has 0 radical (unpaired) electrons. The monoisotopic (exact) mass is 281 g/mol. The van der Waals surface area contributed by atoms with Crippen LogP contribution in [0.1, 0.15) is 24.8 Å². The Labute approximate surface area is 119 Å². The van der Waals surface area contributed by atoms with Crippen molar-refractivity contribution < 1.29 is 5.11 Å². The summed E-state index contributed by atoms with van der Waals surface area (Å²) < 4.78 is 0. The minimum absolute atomic E-state index is 0.113. The molecule has 19 heavy (non-hydrogen) atoms. The second-order valence-electron chi connectivity index (χ2n) is 4.47. The number of hydrogen-bond acceptors (Lipinski definition) is 4. The average Bonchev–Trinajstić information content (AvgIpc) is 2.42. The molecular formula is C14H23N3OS. The largest absolute Gasteiger partial charge is 0.396 e. The van der Waals surface area contributed by atoms with Gasteiger partial charge >= 0.3 is 0 Å². The van der Waals surface area contributed by atoms with Gasteiger partial charge in [-0.3, -0.25) is 5.41 Å². The van der Waals surface area contributed by atoms with Crippen molar-refractivity contribution in [3.63, 3.8) is 0 Å². The first kappa shape index (κ1) is 15.9. The van der Waals surface area contributed by atoms with E-state index in [2.05, 4.69) is 4.90 Å². The highest BCUT2D eigenvalue weighted by Gasteiger charge is 2.13. The van der Waals surface area contributed by atoms with Crippen molar-refractivity contribution in [2.75, 3.05) is 31.4 Å². The van der Waals surface area contributed by atoms with Gasteiger partial charge in [-0.15, -0.1) is 11.8 Å². The molecule has 0 aliphatic heterocycles. The Morgan fingerprint density at radius 1 is 1.37 bits per heavy atom. The molecule has 4 nitrogen and oxygen atoms in total. The smallest absolute Gasteiger partial charge is 0.126 e. The van der Waals surface area contributed by atoms with Gasteiger partial charge < -0.3 is 15.7 Å². The Morgan fingerprint density at radius 2 is 2.11 bits per heavy atom. The second kappa shape index (κ2) is 8.07. The van der Waals surface area contributed by atoms with Crippen molar-refractivity contribution in [2.45, 2.75) is 24.2 Å². The minimum Gasteiger partial charge on any atom is -0.396 e. The van der Waals surface area contributed by atoms with Crippen LogP contribution in [0.5, 0.6) is 0 Å². The third-order valence-corrected chi connectivity index (χ3v) is 3.84. The Balaban J connectivity index is 2.83. The maximum Gasteiger partial charge on any atom is 0.126 e.